The highest BCUT2D eigenvalue weighted by molar-refractivity contribution is 7.64. The van der Waals surface area contributed by atoms with Crippen molar-refractivity contribution in [3.8, 4) is 0 Å². The van der Waals surface area contributed by atoms with E-state index in [4.69, 9.17) is 9.84 Å². The molecule has 1 aliphatic rings. The minimum Gasteiger partial charge on any atom is -0.481 e. The third kappa shape index (κ3) is 6.58. The number of ether oxygens (including phenoxy) is 1. The van der Waals surface area contributed by atoms with Crippen LogP contribution >= 0.6 is 15.4 Å². The maximum Gasteiger partial charge on any atom is 0.479 e. The van der Waals surface area contributed by atoms with Crippen LogP contribution in [0.5, 0.6) is 0 Å². The molecule has 7 N–H and O–H groups in total. The Morgan fingerprint density at radius 3 is 2.57 bits per heavy atom. The third-order valence-electron chi connectivity index (χ3n) is 4.51. The topological polar surface area (TPSA) is 265 Å². The molecule has 35 heavy (non-hydrogen) atoms. The van der Waals surface area contributed by atoms with Gasteiger partial charge in [0.15, 0.2) is 23.2 Å². The van der Waals surface area contributed by atoms with Gasteiger partial charge in [0.1, 0.15) is 30.8 Å². The number of aromatic nitrogens is 4. The number of anilines is 1. The van der Waals surface area contributed by atoms with Crippen molar-refractivity contribution in [2.45, 2.75) is 31.5 Å². The Bertz CT molecular complexity index is 1190. The van der Waals surface area contributed by atoms with Gasteiger partial charge in [-0.1, -0.05) is 0 Å². The van der Waals surface area contributed by atoms with Crippen LogP contribution < -0.4 is 10.6 Å². The molecule has 1 saturated heterocycles. The minimum atomic E-state index is -5.25. The van der Waals surface area contributed by atoms with Gasteiger partial charge in [0.05, 0.1) is 12.9 Å². The number of carboxylic acids is 1. The van der Waals surface area contributed by atoms with Crippen LogP contribution in [0.25, 0.3) is 11.2 Å². The minimum absolute atomic E-state index is 0.0563. The second-order valence-electron chi connectivity index (χ2n) is 7.11. The molecular formula is C15H22N6O12P2. The Labute approximate surface area is 196 Å². The van der Waals surface area contributed by atoms with E-state index in [1.165, 1.54) is 10.9 Å². The van der Waals surface area contributed by atoms with Gasteiger partial charge in [-0.3, -0.25) is 23.8 Å². The number of carboxylic acid groups (broad SMARTS) is 1. The lowest BCUT2D eigenvalue weighted by Crippen LogP contribution is -2.33. The molecule has 0 bridgehead atoms. The van der Waals surface area contributed by atoms with Crippen LogP contribution in [0.1, 0.15) is 13.2 Å². The van der Waals surface area contributed by atoms with Crippen molar-refractivity contribution in [3.05, 3.63) is 12.7 Å². The highest BCUT2D eigenvalue weighted by atomic mass is 31.3. The first-order chi connectivity index (χ1) is 16.3. The summed E-state index contributed by atoms with van der Waals surface area (Å²) in [4.78, 5) is 53.4. The molecule has 20 heteroatoms. The van der Waals surface area contributed by atoms with E-state index in [9.17, 15) is 38.7 Å². The second-order valence-corrected chi connectivity index (χ2v) is 10.6. The molecule has 3 heterocycles. The fourth-order valence-corrected chi connectivity index (χ4v) is 5.48. The standard InChI is InChI=1S/C15H22N6O12P2/c1-2-16-15(26)20-12-9-13(18-5-17-12)21(6-19-9)14-11(25)10(24)7(32-14)3-31-35(29,30)33-34(27,28)4-8(22)23/h5-7,10-11,14,24-25H,2-4H2,1H3,(H,22,23)(H,27,28)(H,29,30)(H2,16,17,18,20,26)/t7-,10?,11+,14-/m1/s1. The van der Waals surface area contributed by atoms with E-state index in [1.807, 2.05) is 0 Å². The van der Waals surface area contributed by atoms with E-state index in [0.29, 0.717) is 6.54 Å². The van der Waals surface area contributed by atoms with Gasteiger partial charge < -0.3 is 35.2 Å². The number of hydrogen-bond acceptors (Lipinski definition) is 12. The smallest absolute Gasteiger partial charge is 0.479 e. The Balaban J connectivity index is 1.72. The summed E-state index contributed by atoms with van der Waals surface area (Å²) < 4.78 is 38.8. The Morgan fingerprint density at radius 1 is 1.20 bits per heavy atom. The molecule has 0 aromatic carbocycles. The number of imidazole rings is 1. The molecule has 2 aromatic heterocycles. The van der Waals surface area contributed by atoms with Crippen LogP contribution in [-0.4, -0.2) is 94.3 Å². The summed E-state index contributed by atoms with van der Waals surface area (Å²) in [6.07, 6.45) is -5.14. The zero-order chi connectivity index (χ0) is 26.0. The lowest BCUT2D eigenvalue weighted by Gasteiger charge is -2.19. The van der Waals surface area contributed by atoms with Crippen molar-refractivity contribution in [1.82, 2.24) is 24.8 Å². The third-order valence-corrected chi connectivity index (χ3v) is 7.50. The average Bonchev–Trinajstić information content (AvgIpc) is 3.27. The number of rotatable bonds is 10. The maximum absolute atomic E-state index is 11.9. The number of hydrogen-bond donors (Lipinski definition) is 7. The molecule has 194 valence electrons. The van der Waals surface area contributed by atoms with E-state index in [1.54, 1.807) is 6.92 Å². The average molecular weight is 540 g/mol. The summed E-state index contributed by atoms with van der Waals surface area (Å²) in [5.74, 6) is -1.70. The van der Waals surface area contributed by atoms with Crippen molar-refractivity contribution in [3.63, 3.8) is 0 Å². The second kappa shape index (κ2) is 10.6. The monoisotopic (exact) mass is 540 g/mol. The predicted molar refractivity (Wildman–Crippen MR) is 113 cm³/mol. The number of carbonyl (C=O) groups is 2. The van der Waals surface area contributed by atoms with E-state index < -0.39 is 64.7 Å². The largest absolute Gasteiger partial charge is 0.481 e. The van der Waals surface area contributed by atoms with E-state index in [2.05, 4.69) is 34.4 Å². The molecule has 6 atom stereocenters. The molecule has 2 aromatic rings. The molecule has 0 spiro atoms. The van der Waals surface area contributed by atoms with Crippen molar-refractivity contribution in [2.75, 3.05) is 24.6 Å². The highest BCUT2D eigenvalue weighted by Gasteiger charge is 2.46. The van der Waals surface area contributed by atoms with Crippen LogP contribution in [-0.2, 0) is 27.5 Å². The van der Waals surface area contributed by atoms with Crippen molar-refractivity contribution in [2.24, 2.45) is 0 Å². The first-order valence-corrected chi connectivity index (χ1v) is 13.1. The van der Waals surface area contributed by atoms with E-state index in [0.717, 1.165) is 6.33 Å². The predicted octanol–water partition coefficient (Wildman–Crippen LogP) is -1.01. The van der Waals surface area contributed by atoms with Crippen molar-refractivity contribution >= 4 is 44.4 Å². The van der Waals surface area contributed by atoms with Crippen LogP contribution in [0.3, 0.4) is 0 Å². The fourth-order valence-electron chi connectivity index (χ4n) is 3.09. The van der Waals surface area contributed by atoms with E-state index in [-0.39, 0.29) is 17.0 Å². The molecule has 3 rings (SSSR count). The van der Waals surface area contributed by atoms with Gasteiger partial charge in [-0.25, -0.2) is 28.6 Å². The number of fused-ring (bicyclic) bond motifs is 1. The number of phosphoric acid groups is 1. The van der Waals surface area contributed by atoms with Gasteiger partial charge in [-0.05, 0) is 6.92 Å². The Hall–Kier alpha value is -2.53. The number of nitrogens with one attached hydrogen (secondary N) is 2. The SMILES string of the molecule is CCNC(=O)Nc1ncnc2c1ncn2[C@@H]1O[C@H](COP(=O)(O)OP(=O)(O)CC(=O)O)C(O)[C@@H]1O. The molecule has 2 amide bonds. The van der Waals surface area contributed by atoms with Crippen LogP contribution in [0.15, 0.2) is 12.7 Å². The molecule has 0 radical (unpaired) electrons. The van der Waals surface area contributed by atoms with Gasteiger partial charge in [-0.2, -0.15) is 0 Å². The highest BCUT2D eigenvalue weighted by Crippen LogP contribution is 2.59. The first kappa shape index (κ1) is 27.1. The van der Waals surface area contributed by atoms with Gasteiger partial charge in [0.25, 0.3) is 0 Å². The van der Waals surface area contributed by atoms with Gasteiger partial charge in [0.2, 0.25) is 0 Å². The number of urea groups is 1. The summed E-state index contributed by atoms with van der Waals surface area (Å²) in [7, 11) is -10.3. The van der Waals surface area contributed by atoms with Crippen LogP contribution in [0.4, 0.5) is 10.6 Å². The fraction of sp³-hybridized carbons (Fsp3) is 0.533. The zero-order valence-corrected chi connectivity index (χ0v) is 19.7. The number of amides is 2. The number of phosphoric ester groups is 1. The maximum atomic E-state index is 11.9. The number of carbonyl (C=O) groups excluding carboxylic acids is 1. The summed E-state index contributed by atoms with van der Waals surface area (Å²) in [5.41, 5.74) is 0.241. The van der Waals surface area contributed by atoms with Crippen LogP contribution in [0.2, 0.25) is 0 Å². The molecule has 3 unspecified atom stereocenters. The molecular weight excluding hydrogens is 518 g/mol. The number of aliphatic hydroxyl groups excluding tert-OH is 2. The molecule has 0 aliphatic carbocycles. The number of aliphatic carboxylic acids is 1. The molecule has 1 fully saturated rings. The quantitative estimate of drug-likeness (QED) is 0.178. The number of nitrogens with zero attached hydrogens (tertiary/aromatic N) is 4. The first-order valence-electron chi connectivity index (χ1n) is 9.80. The zero-order valence-electron chi connectivity index (χ0n) is 17.9. The van der Waals surface area contributed by atoms with Crippen molar-refractivity contribution in [1.29, 1.82) is 0 Å². The van der Waals surface area contributed by atoms with Gasteiger partial charge in [-0.15, -0.1) is 0 Å². The van der Waals surface area contributed by atoms with Gasteiger partial charge >= 0.3 is 27.4 Å². The lowest BCUT2D eigenvalue weighted by atomic mass is 10.1. The molecule has 1 aliphatic heterocycles. The Kier molecular flexibility index (Phi) is 8.21. The summed E-state index contributed by atoms with van der Waals surface area (Å²) in [5, 5.41) is 34.3. The van der Waals surface area contributed by atoms with Crippen LogP contribution in [0, 0.1) is 0 Å². The summed E-state index contributed by atoms with van der Waals surface area (Å²) in [6, 6.07) is -0.543. The summed E-state index contributed by atoms with van der Waals surface area (Å²) in [6.45, 7) is 1.19. The van der Waals surface area contributed by atoms with Gasteiger partial charge in [0, 0.05) is 6.54 Å². The molecule has 18 nitrogen and oxygen atoms in total. The normalized spacial score (nSPS) is 25.6. The summed E-state index contributed by atoms with van der Waals surface area (Å²) >= 11 is 0. The number of aliphatic hydroxyl groups is 2. The Morgan fingerprint density at radius 2 is 1.91 bits per heavy atom. The molecule has 0 saturated carbocycles. The van der Waals surface area contributed by atoms with Crippen molar-refractivity contribution < 1.29 is 57.4 Å². The lowest BCUT2D eigenvalue weighted by molar-refractivity contribution is -0.134. The van der Waals surface area contributed by atoms with E-state index >= 15 is 0 Å².